The highest BCUT2D eigenvalue weighted by Gasteiger charge is 2.37. The summed E-state index contributed by atoms with van der Waals surface area (Å²) < 4.78 is 30.8. The van der Waals surface area contributed by atoms with Crippen LogP contribution >= 0.6 is 0 Å². The van der Waals surface area contributed by atoms with E-state index < -0.39 is 30.5 Å². The average Bonchev–Trinajstić information content (AvgIpc) is 2.95. The van der Waals surface area contributed by atoms with E-state index in [0.717, 1.165) is 11.3 Å². The Kier molecular flexibility index (Phi) is 4.28. The molecular weight excluding hydrogens is 320 g/mol. The lowest BCUT2D eigenvalue weighted by Gasteiger charge is -2.25. The van der Waals surface area contributed by atoms with Gasteiger partial charge in [0, 0.05) is 18.2 Å². The molecule has 2 aromatic rings. The van der Waals surface area contributed by atoms with Crippen molar-refractivity contribution in [2.24, 2.45) is 0 Å². The van der Waals surface area contributed by atoms with E-state index in [4.69, 9.17) is 4.74 Å². The third-order valence-electron chi connectivity index (χ3n) is 3.86. The number of benzene rings is 1. The number of halogens is 2. The predicted molar refractivity (Wildman–Crippen MR) is 82.6 cm³/mol. The Morgan fingerprint density at radius 1 is 1.33 bits per heavy atom. The fourth-order valence-electron chi connectivity index (χ4n) is 2.82. The van der Waals surface area contributed by atoms with E-state index >= 15 is 0 Å². The van der Waals surface area contributed by atoms with Gasteiger partial charge in [-0.15, -0.1) is 0 Å². The van der Waals surface area contributed by atoms with Gasteiger partial charge in [-0.25, -0.2) is 18.3 Å². The molecule has 0 saturated carbocycles. The molecule has 1 aromatic carbocycles. The minimum atomic E-state index is -2.70. The van der Waals surface area contributed by atoms with E-state index in [1.54, 1.807) is 11.0 Å². The van der Waals surface area contributed by atoms with Crippen LogP contribution in [-0.4, -0.2) is 35.3 Å². The van der Waals surface area contributed by atoms with Crippen LogP contribution < -0.4 is 10.5 Å². The lowest BCUT2D eigenvalue weighted by Crippen LogP contribution is -2.38. The van der Waals surface area contributed by atoms with Crippen molar-refractivity contribution in [1.29, 1.82) is 0 Å². The Labute approximate surface area is 136 Å². The molecule has 0 unspecified atom stereocenters. The molecule has 0 bridgehead atoms. The summed E-state index contributed by atoms with van der Waals surface area (Å²) >= 11 is 0. The maximum atomic E-state index is 12.6. The second kappa shape index (κ2) is 6.38. The summed E-state index contributed by atoms with van der Waals surface area (Å²) in [5.74, 6) is -0.213. The summed E-state index contributed by atoms with van der Waals surface area (Å²) in [6.45, 7) is -0.801. The molecule has 6 nitrogen and oxygen atoms in total. The first kappa shape index (κ1) is 16.1. The second-order valence-electron chi connectivity index (χ2n) is 5.34. The summed E-state index contributed by atoms with van der Waals surface area (Å²) in [6, 6.07) is 9.27. The molecule has 126 valence electrons. The van der Waals surface area contributed by atoms with E-state index in [-0.39, 0.29) is 5.82 Å². The standard InChI is InChI=1S/C16H15F2N3O3/c1-24-16(23)12-8-10-4-2-3-5-11(10)21(12)14-6-7-15(22)20(19-14)9-13(17)18/h2-7,12-13H,8-9H2,1H3/t12-/m0/s1. The number of hydrogen-bond acceptors (Lipinski definition) is 5. The minimum absolute atomic E-state index is 0.246. The Morgan fingerprint density at radius 3 is 2.79 bits per heavy atom. The van der Waals surface area contributed by atoms with Gasteiger partial charge in [-0.05, 0) is 17.7 Å². The average molecular weight is 335 g/mol. The summed E-state index contributed by atoms with van der Waals surface area (Å²) in [6.07, 6.45) is -2.29. The molecule has 0 amide bonds. The number of methoxy groups -OCH3 is 1. The maximum Gasteiger partial charge on any atom is 0.329 e. The van der Waals surface area contributed by atoms with Crippen LogP contribution in [0.5, 0.6) is 0 Å². The van der Waals surface area contributed by atoms with Gasteiger partial charge in [0.1, 0.15) is 12.6 Å². The fourth-order valence-corrected chi connectivity index (χ4v) is 2.82. The number of alkyl halides is 2. The third kappa shape index (κ3) is 2.86. The summed E-state index contributed by atoms with van der Waals surface area (Å²) in [4.78, 5) is 25.4. The number of anilines is 2. The molecule has 0 radical (unpaired) electrons. The van der Waals surface area contributed by atoms with Crippen LogP contribution in [-0.2, 0) is 22.5 Å². The van der Waals surface area contributed by atoms with Crippen LogP contribution in [0.1, 0.15) is 5.56 Å². The topological polar surface area (TPSA) is 64.4 Å². The number of fused-ring (bicyclic) bond motifs is 1. The van der Waals surface area contributed by atoms with E-state index in [9.17, 15) is 18.4 Å². The smallest absolute Gasteiger partial charge is 0.329 e. The van der Waals surface area contributed by atoms with Crippen LogP contribution in [0.4, 0.5) is 20.3 Å². The zero-order chi connectivity index (χ0) is 17.3. The van der Waals surface area contributed by atoms with Crippen molar-refractivity contribution in [3.63, 3.8) is 0 Å². The first-order valence-corrected chi connectivity index (χ1v) is 7.32. The number of carbonyl (C=O) groups is 1. The summed E-state index contributed by atoms with van der Waals surface area (Å²) in [5, 5.41) is 4.00. The van der Waals surface area contributed by atoms with Crippen molar-refractivity contribution in [3.05, 3.63) is 52.3 Å². The molecule has 1 aliphatic heterocycles. The van der Waals surface area contributed by atoms with Gasteiger partial charge in [0.05, 0.1) is 7.11 Å². The number of ether oxygens (including phenoxy) is 1. The Bertz CT molecular complexity index is 822. The third-order valence-corrected chi connectivity index (χ3v) is 3.86. The van der Waals surface area contributed by atoms with Crippen molar-refractivity contribution in [3.8, 4) is 0 Å². The Morgan fingerprint density at radius 2 is 2.08 bits per heavy atom. The lowest BCUT2D eigenvalue weighted by molar-refractivity contribution is -0.141. The number of esters is 1. The number of rotatable bonds is 4. The van der Waals surface area contributed by atoms with E-state index in [1.807, 2.05) is 18.2 Å². The van der Waals surface area contributed by atoms with Crippen molar-refractivity contribution in [1.82, 2.24) is 9.78 Å². The molecule has 0 saturated heterocycles. The van der Waals surface area contributed by atoms with E-state index in [2.05, 4.69) is 5.10 Å². The number of aromatic nitrogens is 2. The molecule has 1 atom stereocenters. The molecule has 1 aromatic heterocycles. The summed E-state index contributed by atoms with van der Waals surface area (Å²) in [7, 11) is 1.29. The molecule has 0 aliphatic carbocycles. The molecule has 3 rings (SSSR count). The van der Waals surface area contributed by atoms with Crippen LogP contribution in [0.15, 0.2) is 41.2 Å². The number of para-hydroxylation sites is 1. The molecular formula is C16H15F2N3O3. The van der Waals surface area contributed by atoms with Crippen LogP contribution in [0.25, 0.3) is 0 Å². The number of carbonyl (C=O) groups excluding carboxylic acids is 1. The van der Waals surface area contributed by atoms with Gasteiger partial charge >= 0.3 is 5.97 Å². The van der Waals surface area contributed by atoms with Gasteiger partial charge in [-0.1, -0.05) is 18.2 Å². The lowest BCUT2D eigenvalue weighted by atomic mass is 10.1. The first-order chi connectivity index (χ1) is 11.5. The molecule has 2 heterocycles. The quantitative estimate of drug-likeness (QED) is 0.797. The van der Waals surface area contributed by atoms with Gasteiger partial charge in [0.25, 0.3) is 12.0 Å². The van der Waals surface area contributed by atoms with Crippen molar-refractivity contribution >= 4 is 17.5 Å². The minimum Gasteiger partial charge on any atom is -0.467 e. The molecule has 8 heteroatoms. The highest BCUT2D eigenvalue weighted by molar-refractivity contribution is 5.87. The molecule has 1 aliphatic rings. The molecule has 0 fully saturated rings. The highest BCUT2D eigenvalue weighted by atomic mass is 19.3. The van der Waals surface area contributed by atoms with Crippen LogP contribution in [0.2, 0.25) is 0 Å². The molecule has 24 heavy (non-hydrogen) atoms. The largest absolute Gasteiger partial charge is 0.467 e. The highest BCUT2D eigenvalue weighted by Crippen LogP contribution is 2.37. The first-order valence-electron chi connectivity index (χ1n) is 7.32. The Hall–Kier alpha value is -2.77. The number of hydrogen-bond donors (Lipinski definition) is 0. The van der Waals surface area contributed by atoms with Crippen LogP contribution in [0.3, 0.4) is 0 Å². The predicted octanol–water partition coefficient (Wildman–Crippen LogP) is 1.74. The van der Waals surface area contributed by atoms with Gasteiger partial charge < -0.3 is 9.64 Å². The second-order valence-corrected chi connectivity index (χ2v) is 5.34. The summed E-state index contributed by atoms with van der Waals surface area (Å²) in [5.41, 5.74) is 1.03. The van der Waals surface area contributed by atoms with Gasteiger partial charge in [-0.2, -0.15) is 5.10 Å². The molecule has 0 spiro atoms. The zero-order valence-corrected chi connectivity index (χ0v) is 12.9. The van der Waals surface area contributed by atoms with Gasteiger partial charge in [0.2, 0.25) is 0 Å². The van der Waals surface area contributed by atoms with Gasteiger partial charge in [0.15, 0.2) is 5.82 Å². The SMILES string of the molecule is COC(=O)[C@@H]1Cc2ccccc2N1c1ccc(=O)n(CC(F)F)n1. The van der Waals surface area contributed by atoms with E-state index in [0.29, 0.717) is 11.1 Å². The van der Waals surface area contributed by atoms with E-state index in [1.165, 1.54) is 19.2 Å². The van der Waals surface area contributed by atoms with Crippen molar-refractivity contribution in [2.45, 2.75) is 25.4 Å². The van der Waals surface area contributed by atoms with Crippen LogP contribution in [0, 0.1) is 0 Å². The number of nitrogens with zero attached hydrogens (tertiary/aromatic N) is 3. The van der Waals surface area contributed by atoms with Crippen molar-refractivity contribution in [2.75, 3.05) is 12.0 Å². The molecule has 0 N–H and O–H groups in total. The zero-order valence-electron chi connectivity index (χ0n) is 12.9. The normalized spacial score (nSPS) is 16.3. The van der Waals surface area contributed by atoms with Gasteiger partial charge in [-0.3, -0.25) is 4.79 Å². The van der Waals surface area contributed by atoms with Crippen molar-refractivity contribution < 1.29 is 18.3 Å². The maximum absolute atomic E-state index is 12.6. The fraction of sp³-hybridized carbons (Fsp3) is 0.312. The monoisotopic (exact) mass is 335 g/mol. The Balaban J connectivity index is 2.07.